The third-order valence-corrected chi connectivity index (χ3v) is 5.30. The van der Waals surface area contributed by atoms with Crippen LogP contribution in [0.3, 0.4) is 0 Å². The number of benzene rings is 2. The van der Waals surface area contributed by atoms with Crippen molar-refractivity contribution in [2.45, 2.75) is 26.2 Å². The smallest absolute Gasteiger partial charge is 0.226 e. The molecule has 1 amide bonds. The van der Waals surface area contributed by atoms with Crippen LogP contribution in [0.4, 0.5) is 0 Å². The molecule has 146 valence electrons. The molecule has 1 aromatic heterocycles. The van der Waals surface area contributed by atoms with E-state index >= 15 is 0 Å². The van der Waals surface area contributed by atoms with E-state index in [0.29, 0.717) is 26.2 Å². The fourth-order valence-corrected chi connectivity index (χ4v) is 3.61. The highest BCUT2D eigenvalue weighted by molar-refractivity contribution is 7.13. The van der Waals surface area contributed by atoms with E-state index < -0.39 is 0 Å². The molecule has 3 aromatic rings. The number of rotatable bonds is 10. The minimum Gasteiger partial charge on any atom is -0.381 e. The van der Waals surface area contributed by atoms with Gasteiger partial charge in [-0.05, 0) is 25.3 Å². The molecule has 4 nitrogen and oxygen atoms in total. The van der Waals surface area contributed by atoms with Crippen LogP contribution in [0.15, 0.2) is 60.0 Å². The molecule has 0 saturated heterocycles. The van der Waals surface area contributed by atoms with E-state index in [4.69, 9.17) is 4.74 Å². The summed E-state index contributed by atoms with van der Waals surface area (Å²) in [5, 5.41) is 5.86. The largest absolute Gasteiger partial charge is 0.381 e. The summed E-state index contributed by atoms with van der Waals surface area (Å²) in [6.07, 6.45) is 2.05. The minimum absolute atomic E-state index is 0.00467. The molecule has 0 spiro atoms. The third-order valence-electron chi connectivity index (χ3n) is 4.36. The Hall–Kier alpha value is -2.50. The molecule has 0 aliphatic heterocycles. The van der Waals surface area contributed by atoms with Crippen LogP contribution in [0.25, 0.3) is 10.6 Å². The van der Waals surface area contributed by atoms with Crippen LogP contribution in [-0.4, -0.2) is 30.6 Å². The van der Waals surface area contributed by atoms with Gasteiger partial charge in [0.15, 0.2) is 0 Å². The molecule has 1 N–H and O–H groups in total. The van der Waals surface area contributed by atoms with Gasteiger partial charge >= 0.3 is 0 Å². The molecule has 0 fully saturated rings. The first-order valence-electron chi connectivity index (χ1n) is 9.60. The first-order chi connectivity index (χ1) is 13.7. The first kappa shape index (κ1) is 20.2. The van der Waals surface area contributed by atoms with Crippen LogP contribution in [0.5, 0.6) is 0 Å². The van der Waals surface area contributed by atoms with Gasteiger partial charge in [0, 0.05) is 24.1 Å². The van der Waals surface area contributed by atoms with Gasteiger partial charge in [-0.3, -0.25) is 4.79 Å². The fourth-order valence-electron chi connectivity index (χ4n) is 2.78. The summed E-state index contributed by atoms with van der Waals surface area (Å²) in [6.45, 7) is 4.05. The Morgan fingerprint density at radius 2 is 1.86 bits per heavy atom. The molecule has 0 bridgehead atoms. The molecule has 28 heavy (non-hydrogen) atoms. The zero-order chi connectivity index (χ0) is 19.6. The number of carbonyl (C=O) groups excluding carboxylic acids is 1. The van der Waals surface area contributed by atoms with Crippen LogP contribution >= 0.6 is 11.3 Å². The second-order valence-corrected chi connectivity index (χ2v) is 7.60. The SMILES string of the molecule is Cc1ccc(-c2nc(CC(=O)NCCCOCCc3ccccc3)cs2)cc1. The number of ether oxygens (including phenoxy) is 1. The van der Waals surface area contributed by atoms with Gasteiger partial charge < -0.3 is 10.1 Å². The summed E-state index contributed by atoms with van der Waals surface area (Å²) in [7, 11) is 0. The standard InChI is InChI=1S/C23H26N2O2S/c1-18-8-10-20(11-9-18)23-25-21(17-28-23)16-22(26)24-13-5-14-27-15-12-19-6-3-2-4-7-19/h2-4,6-11,17H,5,12-16H2,1H3,(H,24,26). The number of aromatic nitrogens is 1. The van der Waals surface area contributed by atoms with Gasteiger partial charge in [0.25, 0.3) is 0 Å². The highest BCUT2D eigenvalue weighted by atomic mass is 32.1. The number of aryl methyl sites for hydroxylation is 1. The quantitative estimate of drug-likeness (QED) is 0.518. The van der Waals surface area contributed by atoms with E-state index in [9.17, 15) is 4.79 Å². The predicted molar refractivity (Wildman–Crippen MR) is 115 cm³/mol. The van der Waals surface area contributed by atoms with Crippen LogP contribution in [0, 0.1) is 6.92 Å². The number of amides is 1. The van der Waals surface area contributed by atoms with Gasteiger partial charge in [0.2, 0.25) is 5.91 Å². The van der Waals surface area contributed by atoms with Crippen LogP contribution in [-0.2, 0) is 22.4 Å². The summed E-state index contributed by atoms with van der Waals surface area (Å²) < 4.78 is 5.64. The lowest BCUT2D eigenvalue weighted by molar-refractivity contribution is -0.120. The molecule has 5 heteroatoms. The second kappa shape index (κ2) is 10.7. The number of nitrogens with one attached hydrogen (secondary N) is 1. The molecule has 0 aliphatic carbocycles. The number of thiazole rings is 1. The van der Waals surface area contributed by atoms with Crippen molar-refractivity contribution in [1.82, 2.24) is 10.3 Å². The summed E-state index contributed by atoms with van der Waals surface area (Å²) in [5.74, 6) is 0.00467. The van der Waals surface area contributed by atoms with Gasteiger partial charge in [-0.2, -0.15) is 0 Å². The Morgan fingerprint density at radius 3 is 2.64 bits per heavy atom. The fraction of sp³-hybridized carbons (Fsp3) is 0.304. The molecule has 0 atom stereocenters. The number of hydrogen-bond acceptors (Lipinski definition) is 4. The molecular formula is C23H26N2O2S. The second-order valence-electron chi connectivity index (χ2n) is 6.74. The summed E-state index contributed by atoms with van der Waals surface area (Å²) in [4.78, 5) is 16.7. The van der Waals surface area contributed by atoms with Crippen molar-refractivity contribution in [3.8, 4) is 10.6 Å². The lowest BCUT2D eigenvalue weighted by Crippen LogP contribution is -2.27. The number of carbonyl (C=O) groups is 1. The zero-order valence-corrected chi connectivity index (χ0v) is 17.0. The average molecular weight is 395 g/mol. The average Bonchev–Trinajstić information content (AvgIpc) is 3.17. The van der Waals surface area contributed by atoms with E-state index in [2.05, 4.69) is 53.6 Å². The molecule has 1 heterocycles. The van der Waals surface area contributed by atoms with Gasteiger partial charge in [-0.25, -0.2) is 4.98 Å². The molecule has 0 unspecified atom stereocenters. The number of nitrogens with zero attached hydrogens (tertiary/aromatic N) is 1. The number of hydrogen-bond donors (Lipinski definition) is 1. The molecule has 0 aliphatic rings. The Bertz CT molecular complexity index is 860. The molecule has 2 aromatic carbocycles. The van der Waals surface area contributed by atoms with Crippen LogP contribution in [0.2, 0.25) is 0 Å². The molecular weight excluding hydrogens is 368 g/mol. The highest BCUT2D eigenvalue weighted by Crippen LogP contribution is 2.24. The van der Waals surface area contributed by atoms with Crippen LogP contribution < -0.4 is 5.32 Å². The van der Waals surface area contributed by atoms with Crippen LogP contribution in [0.1, 0.15) is 23.2 Å². The Kier molecular flexibility index (Phi) is 7.76. The monoisotopic (exact) mass is 394 g/mol. The topological polar surface area (TPSA) is 51.2 Å². The summed E-state index contributed by atoms with van der Waals surface area (Å²) in [5.41, 5.74) is 4.42. The van der Waals surface area contributed by atoms with Crippen molar-refractivity contribution >= 4 is 17.2 Å². The predicted octanol–water partition coefficient (Wildman–Crippen LogP) is 4.43. The lowest BCUT2D eigenvalue weighted by Gasteiger charge is -2.06. The van der Waals surface area contributed by atoms with Crippen molar-refractivity contribution in [2.75, 3.05) is 19.8 Å². The van der Waals surface area contributed by atoms with Crippen molar-refractivity contribution in [3.63, 3.8) is 0 Å². The highest BCUT2D eigenvalue weighted by Gasteiger charge is 2.08. The summed E-state index contributed by atoms with van der Waals surface area (Å²) >= 11 is 1.57. The third kappa shape index (κ3) is 6.59. The maximum absolute atomic E-state index is 12.1. The van der Waals surface area contributed by atoms with Crippen molar-refractivity contribution in [3.05, 3.63) is 76.8 Å². The van der Waals surface area contributed by atoms with Gasteiger partial charge in [0.1, 0.15) is 5.01 Å². The van der Waals surface area contributed by atoms with E-state index in [1.807, 2.05) is 23.6 Å². The van der Waals surface area contributed by atoms with E-state index in [1.54, 1.807) is 11.3 Å². The van der Waals surface area contributed by atoms with Crippen molar-refractivity contribution in [2.24, 2.45) is 0 Å². The van der Waals surface area contributed by atoms with E-state index in [1.165, 1.54) is 11.1 Å². The Morgan fingerprint density at radius 1 is 1.07 bits per heavy atom. The van der Waals surface area contributed by atoms with Crippen molar-refractivity contribution < 1.29 is 9.53 Å². The normalized spacial score (nSPS) is 10.8. The maximum Gasteiger partial charge on any atom is 0.226 e. The molecule has 0 radical (unpaired) electrons. The Labute approximate surface area is 170 Å². The minimum atomic E-state index is 0.00467. The Balaban J connectivity index is 1.30. The van der Waals surface area contributed by atoms with E-state index in [-0.39, 0.29) is 5.91 Å². The summed E-state index contributed by atoms with van der Waals surface area (Å²) in [6, 6.07) is 18.6. The van der Waals surface area contributed by atoms with Gasteiger partial charge in [0.05, 0.1) is 18.7 Å². The maximum atomic E-state index is 12.1. The lowest BCUT2D eigenvalue weighted by atomic mass is 10.2. The molecule has 0 saturated carbocycles. The van der Waals surface area contributed by atoms with Gasteiger partial charge in [-0.15, -0.1) is 11.3 Å². The first-order valence-corrected chi connectivity index (χ1v) is 10.5. The van der Waals surface area contributed by atoms with Crippen molar-refractivity contribution in [1.29, 1.82) is 0 Å². The zero-order valence-electron chi connectivity index (χ0n) is 16.2. The van der Waals surface area contributed by atoms with E-state index in [0.717, 1.165) is 29.1 Å². The molecule has 3 rings (SSSR count). The van der Waals surface area contributed by atoms with Gasteiger partial charge in [-0.1, -0.05) is 60.2 Å².